The van der Waals surface area contributed by atoms with E-state index < -0.39 is 0 Å². The maximum Gasteiger partial charge on any atom is 0.240 e. The lowest BCUT2D eigenvalue weighted by Crippen LogP contribution is -2.28. The minimum Gasteiger partial charge on any atom is -0.491 e. The van der Waals surface area contributed by atoms with Crippen molar-refractivity contribution < 1.29 is 23.4 Å². The Morgan fingerprint density at radius 3 is 2.72 bits per heavy atom. The highest BCUT2D eigenvalue weighted by Gasteiger charge is 2.14. The molecule has 1 aromatic heterocycles. The quantitative estimate of drug-likeness (QED) is 0.524. The lowest BCUT2D eigenvalue weighted by Gasteiger charge is -2.15. The number of aromatic nitrogens is 1. The number of pyridine rings is 1. The normalized spacial score (nSPS) is 11.9. The van der Waals surface area contributed by atoms with Crippen LogP contribution in [-0.4, -0.2) is 24.4 Å². The molecule has 7 nitrogen and oxygen atoms in total. The Hall–Kier alpha value is -3.46. The summed E-state index contributed by atoms with van der Waals surface area (Å²) in [5.41, 5.74) is 1.27. The Kier molecular flexibility index (Phi) is 6.65. The van der Waals surface area contributed by atoms with Gasteiger partial charge in [0.15, 0.2) is 17.2 Å². The summed E-state index contributed by atoms with van der Waals surface area (Å²) in [6, 6.07) is 13.1. The van der Waals surface area contributed by atoms with Gasteiger partial charge in [0, 0.05) is 29.0 Å². The van der Waals surface area contributed by atoms with E-state index in [0.29, 0.717) is 29.5 Å². The van der Waals surface area contributed by atoms with Crippen LogP contribution >= 0.6 is 11.8 Å². The van der Waals surface area contributed by atoms with E-state index in [1.807, 2.05) is 12.1 Å². The zero-order valence-corrected chi connectivity index (χ0v) is 18.1. The number of thioether (sulfide) groups is 1. The lowest BCUT2D eigenvalue weighted by molar-refractivity contribution is -0.121. The molecule has 0 aliphatic carbocycles. The summed E-state index contributed by atoms with van der Waals surface area (Å²) in [7, 11) is 1.41. The number of ether oxygens (including phenoxy) is 3. The lowest BCUT2D eigenvalue weighted by atomic mass is 10.2. The van der Waals surface area contributed by atoms with E-state index in [-0.39, 0.29) is 36.2 Å². The van der Waals surface area contributed by atoms with Crippen LogP contribution in [-0.2, 0) is 23.6 Å². The van der Waals surface area contributed by atoms with Gasteiger partial charge >= 0.3 is 0 Å². The number of amides is 1. The molecule has 32 heavy (non-hydrogen) atoms. The van der Waals surface area contributed by atoms with E-state index in [9.17, 15) is 14.0 Å². The molecule has 1 aliphatic heterocycles. The molecule has 0 bridgehead atoms. The first kappa shape index (κ1) is 21.8. The first-order chi connectivity index (χ1) is 15.5. The number of carbonyl (C=O) groups excluding carboxylic acids is 1. The van der Waals surface area contributed by atoms with Gasteiger partial charge in [-0.15, -0.1) is 11.8 Å². The van der Waals surface area contributed by atoms with E-state index >= 15 is 0 Å². The van der Waals surface area contributed by atoms with Gasteiger partial charge in [-0.25, -0.2) is 4.39 Å². The molecule has 2 heterocycles. The van der Waals surface area contributed by atoms with E-state index in [2.05, 4.69) is 5.32 Å². The molecule has 0 fully saturated rings. The summed E-state index contributed by atoms with van der Waals surface area (Å²) in [5, 5.41) is 2.87. The molecule has 0 unspecified atom stereocenters. The number of hydrogen-bond donors (Lipinski definition) is 1. The SMILES string of the molecule is COc1cn(CC(=O)NCc2ccc3c(c2)OCO3)c(CSc2ccc(F)cc2)cc1=O. The van der Waals surface area contributed by atoms with E-state index in [4.69, 9.17) is 14.2 Å². The molecule has 2 aromatic carbocycles. The summed E-state index contributed by atoms with van der Waals surface area (Å²) in [4.78, 5) is 25.7. The number of halogens is 1. The van der Waals surface area contributed by atoms with Gasteiger partial charge in [0.2, 0.25) is 18.1 Å². The molecule has 3 aromatic rings. The third-order valence-electron chi connectivity index (χ3n) is 4.84. The van der Waals surface area contributed by atoms with Gasteiger partial charge in [0.1, 0.15) is 12.4 Å². The van der Waals surface area contributed by atoms with Crippen LogP contribution in [0, 0.1) is 5.82 Å². The van der Waals surface area contributed by atoms with Crippen molar-refractivity contribution in [1.29, 1.82) is 0 Å². The molecule has 0 atom stereocenters. The Labute approximate surface area is 188 Å². The van der Waals surface area contributed by atoms with Crippen LogP contribution in [0.25, 0.3) is 0 Å². The molecular weight excluding hydrogens is 435 g/mol. The second kappa shape index (κ2) is 9.78. The molecule has 9 heteroatoms. The van der Waals surface area contributed by atoms with Crippen LogP contribution in [0.2, 0.25) is 0 Å². The molecular formula is C23H21FN2O5S. The van der Waals surface area contributed by atoms with E-state index in [1.165, 1.54) is 43.3 Å². The summed E-state index contributed by atoms with van der Waals surface area (Å²) in [6.45, 7) is 0.533. The molecule has 1 aliphatic rings. The topological polar surface area (TPSA) is 78.8 Å². The maximum absolute atomic E-state index is 13.1. The first-order valence-corrected chi connectivity index (χ1v) is 10.8. The van der Waals surface area contributed by atoms with Crippen molar-refractivity contribution in [3.63, 3.8) is 0 Å². The van der Waals surface area contributed by atoms with Crippen molar-refractivity contribution in [3.8, 4) is 17.2 Å². The molecule has 4 rings (SSSR count). The van der Waals surface area contributed by atoms with Crippen molar-refractivity contribution in [2.75, 3.05) is 13.9 Å². The molecule has 0 saturated carbocycles. The van der Waals surface area contributed by atoms with Crippen LogP contribution < -0.4 is 25.0 Å². The number of carbonyl (C=O) groups is 1. The van der Waals surface area contributed by atoms with Gasteiger partial charge in [-0.2, -0.15) is 0 Å². The number of nitrogens with zero attached hydrogens (tertiary/aromatic N) is 1. The number of fused-ring (bicyclic) bond motifs is 1. The fourth-order valence-electron chi connectivity index (χ4n) is 3.17. The van der Waals surface area contributed by atoms with Gasteiger partial charge < -0.3 is 24.1 Å². The molecule has 0 saturated heterocycles. The second-order valence-electron chi connectivity index (χ2n) is 7.03. The summed E-state index contributed by atoms with van der Waals surface area (Å²) in [5.74, 6) is 1.39. The van der Waals surface area contributed by atoms with Crippen LogP contribution in [0.1, 0.15) is 11.3 Å². The van der Waals surface area contributed by atoms with Gasteiger partial charge in [0.05, 0.1) is 13.3 Å². The number of nitrogens with one attached hydrogen (secondary N) is 1. The molecule has 1 amide bonds. The van der Waals surface area contributed by atoms with Crippen LogP contribution in [0.15, 0.2) is 64.4 Å². The predicted molar refractivity (Wildman–Crippen MR) is 118 cm³/mol. The monoisotopic (exact) mass is 456 g/mol. The number of methoxy groups -OCH3 is 1. The van der Waals surface area contributed by atoms with Crippen LogP contribution in [0.5, 0.6) is 17.2 Å². The number of hydrogen-bond acceptors (Lipinski definition) is 6. The highest BCUT2D eigenvalue weighted by molar-refractivity contribution is 7.98. The molecule has 166 valence electrons. The van der Waals surface area contributed by atoms with Crippen molar-refractivity contribution in [3.05, 3.63) is 82.0 Å². The van der Waals surface area contributed by atoms with Crippen molar-refractivity contribution >= 4 is 17.7 Å². The molecule has 1 N–H and O–H groups in total. The molecule has 0 spiro atoms. The minimum absolute atomic E-state index is 0.0144. The van der Waals surface area contributed by atoms with Crippen molar-refractivity contribution in [2.24, 2.45) is 0 Å². The highest BCUT2D eigenvalue weighted by atomic mass is 32.2. The van der Waals surface area contributed by atoms with Gasteiger partial charge in [-0.3, -0.25) is 9.59 Å². The Balaban J connectivity index is 1.44. The average Bonchev–Trinajstić information content (AvgIpc) is 3.26. The van der Waals surface area contributed by atoms with Crippen LogP contribution in [0.4, 0.5) is 4.39 Å². The zero-order chi connectivity index (χ0) is 22.5. The zero-order valence-electron chi connectivity index (χ0n) is 17.3. The smallest absolute Gasteiger partial charge is 0.240 e. The highest BCUT2D eigenvalue weighted by Crippen LogP contribution is 2.32. The first-order valence-electron chi connectivity index (χ1n) is 9.83. The van der Waals surface area contributed by atoms with Crippen LogP contribution in [0.3, 0.4) is 0 Å². The summed E-state index contributed by atoms with van der Waals surface area (Å²) < 4.78 is 30.6. The van der Waals surface area contributed by atoms with E-state index in [0.717, 1.165) is 10.5 Å². The fourth-order valence-corrected chi connectivity index (χ4v) is 4.06. The largest absolute Gasteiger partial charge is 0.491 e. The van der Waals surface area contributed by atoms with Crippen molar-refractivity contribution in [1.82, 2.24) is 9.88 Å². The Morgan fingerprint density at radius 2 is 1.94 bits per heavy atom. The molecule has 0 radical (unpaired) electrons. The number of rotatable bonds is 8. The van der Waals surface area contributed by atoms with Gasteiger partial charge in [0.25, 0.3) is 0 Å². The third kappa shape index (κ3) is 5.23. The Bertz CT molecular complexity index is 1180. The minimum atomic E-state index is -0.310. The Morgan fingerprint density at radius 1 is 1.16 bits per heavy atom. The average molecular weight is 456 g/mol. The maximum atomic E-state index is 13.1. The van der Waals surface area contributed by atoms with E-state index in [1.54, 1.807) is 22.8 Å². The third-order valence-corrected chi connectivity index (χ3v) is 5.89. The summed E-state index contributed by atoms with van der Waals surface area (Å²) >= 11 is 1.44. The standard InChI is InChI=1S/C23H21FN2O5S/c1-29-22-11-26(17(9-19(22)27)13-32-18-5-3-16(24)4-6-18)12-23(28)25-10-15-2-7-20-21(8-15)31-14-30-20/h2-9,11H,10,12-14H2,1H3,(H,25,28). The van der Waals surface area contributed by atoms with Gasteiger partial charge in [-0.1, -0.05) is 6.07 Å². The number of benzene rings is 2. The second-order valence-corrected chi connectivity index (χ2v) is 8.08. The van der Waals surface area contributed by atoms with Crippen molar-refractivity contribution in [2.45, 2.75) is 23.7 Å². The fraction of sp³-hybridized carbons (Fsp3) is 0.217. The van der Waals surface area contributed by atoms with Gasteiger partial charge in [-0.05, 0) is 42.0 Å². The predicted octanol–water partition coefficient (Wildman–Crippen LogP) is 3.33. The summed E-state index contributed by atoms with van der Waals surface area (Å²) in [6.07, 6.45) is 1.53.